The van der Waals surface area contributed by atoms with Crippen LogP contribution in [0.1, 0.15) is 30.3 Å². The SMILES string of the molecule is CC(=O)N1CCCN(C(=O)C2CCc3sc(N4CCOCC4)nc3C2)CC1. The van der Waals surface area contributed by atoms with Crippen molar-refractivity contribution in [3.63, 3.8) is 0 Å². The van der Waals surface area contributed by atoms with Crippen LogP contribution >= 0.6 is 11.3 Å². The van der Waals surface area contributed by atoms with Gasteiger partial charge < -0.3 is 19.4 Å². The summed E-state index contributed by atoms with van der Waals surface area (Å²) >= 11 is 1.79. The molecule has 3 heterocycles. The summed E-state index contributed by atoms with van der Waals surface area (Å²) in [6.45, 7) is 7.73. The first-order valence-corrected chi connectivity index (χ1v) is 10.8. The van der Waals surface area contributed by atoms with Gasteiger partial charge in [0.1, 0.15) is 0 Å². The molecule has 0 saturated carbocycles. The fraction of sp³-hybridized carbons (Fsp3) is 0.737. The van der Waals surface area contributed by atoms with Crippen molar-refractivity contribution in [3.05, 3.63) is 10.6 Å². The lowest BCUT2D eigenvalue weighted by atomic mass is 9.89. The maximum Gasteiger partial charge on any atom is 0.226 e. The lowest BCUT2D eigenvalue weighted by molar-refractivity contribution is -0.136. The van der Waals surface area contributed by atoms with Crippen LogP contribution in [0.3, 0.4) is 0 Å². The number of hydrogen-bond donors (Lipinski definition) is 0. The van der Waals surface area contributed by atoms with Gasteiger partial charge in [0.15, 0.2) is 5.13 Å². The van der Waals surface area contributed by atoms with Crippen LogP contribution in [0.4, 0.5) is 5.13 Å². The van der Waals surface area contributed by atoms with Gasteiger partial charge in [0.05, 0.1) is 18.9 Å². The molecular formula is C19H28N4O3S. The van der Waals surface area contributed by atoms with Crippen LogP contribution in [-0.4, -0.2) is 79.1 Å². The average Bonchev–Trinajstić information content (AvgIpc) is 2.95. The molecule has 0 radical (unpaired) electrons. The Hall–Kier alpha value is -1.67. The lowest BCUT2D eigenvalue weighted by Crippen LogP contribution is -2.41. The number of ether oxygens (including phenoxy) is 1. The molecule has 4 rings (SSSR count). The van der Waals surface area contributed by atoms with Gasteiger partial charge in [-0.05, 0) is 19.3 Å². The predicted molar refractivity (Wildman–Crippen MR) is 104 cm³/mol. The molecule has 0 aromatic carbocycles. The van der Waals surface area contributed by atoms with E-state index in [2.05, 4.69) is 4.90 Å². The number of aryl methyl sites for hydroxylation is 1. The van der Waals surface area contributed by atoms with Crippen molar-refractivity contribution in [2.45, 2.75) is 32.6 Å². The van der Waals surface area contributed by atoms with Crippen molar-refractivity contribution in [3.8, 4) is 0 Å². The second-order valence-electron chi connectivity index (χ2n) is 7.59. The molecule has 2 amide bonds. The predicted octanol–water partition coefficient (Wildman–Crippen LogP) is 1.17. The molecule has 2 saturated heterocycles. The Morgan fingerprint density at radius 2 is 1.81 bits per heavy atom. The second kappa shape index (κ2) is 8.14. The molecule has 1 aliphatic carbocycles. The van der Waals surface area contributed by atoms with E-state index in [0.29, 0.717) is 13.1 Å². The van der Waals surface area contributed by atoms with Crippen LogP contribution < -0.4 is 4.90 Å². The van der Waals surface area contributed by atoms with E-state index in [1.165, 1.54) is 4.88 Å². The van der Waals surface area contributed by atoms with Crippen molar-refractivity contribution in [2.75, 3.05) is 57.4 Å². The smallest absolute Gasteiger partial charge is 0.226 e. The summed E-state index contributed by atoms with van der Waals surface area (Å²) in [6.07, 6.45) is 3.47. The molecule has 1 aromatic rings. The third-order valence-corrected chi connectivity index (χ3v) is 7.03. The molecule has 0 bridgehead atoms. The fourth-order valence-electron chi connectivity index (χ4n) is 4.18. The minimum atomic E-state index is 0.0287. The summed E-state index contributed by atoms with van der Waals surface area (Å²) in [5.41, 5.74) is 1.12. The van der Waals surface area contributed by atoms with E-state index in [-0.39, 0.29) is 17.7 Å². The van der Waals surface area contributed by atoms with Crippen molar-refractivity contribution < 1.29 is 14.3 Å². The van der Waals surface area contributed by atoms with E-state index < -0.39 is 0 Å². The number of hydrogen-bond acceptors (Lipinski definition) is 6. The van der Waals surface area contributed by atoms with Gasteiger partial charge in [-0.1, -0.05) is 0 Å². The third-order valence-electron chi connectivity index (χ3n) is 5.81. The number of aromatic nitrogens is 1. The zero-order valence-corrected chi connectivity index (χ0v) is 16.8. The van der Waals surface area contributed by atoms with Crippen LogP contribution in [-0.2, 0) is 27.2 Å². The van der Waals surface area contributed by atoms with Gasteiger partial charge in [0.2, 0.25) is 11.8 Å². The number of morpholine rings is 1. The zero-order chi connectivity index (χ0) is 18.8. The van der Waals surface area contributed by atoms with Crippen LogP contribution in [0.15, 0.2) is 0 Å². The maximum atomic E-state index is 13.1. The Labute approximate surface area is 164 Å². The number of amides is 2. The van der Waals surface area contributed by atoms with Crippen LogP contribution in [0.25, 0.3) is 0 Å². The van der Waals surface area contributed by atoms with Crippen molar-refractivity contribution in [2.24, 2.45) is 5.92 Å². The van der Waals surface area contributed by atoms with Gasteiger partial charge in [-0.15, -0.1) is 11.3 Å². The average molecular weight is 393 g/mol. The molecular weight excluding hydrogens is 364 g/mol. The van der Waals surface area contributed by atoms with E-state index in [0.717, 1.165) is 75.9 Å². The Bertz CT molecular complexity index is 701. The summed E-state index contributed by atoms with van der Waals surface area (Å²) in [4.78, 5) is 37.0. The van der Waals surface area contributed by atoms with E-state index >= 15 is 0 Å². The first-order valence-electron chi connectivity index (χ1n) is 9.97. The van der Waals surface area contributed by atoms with E-state index in [1.54, 1.807) is 18.3 Å². The van der Waals surface area contributed by atoms with E-state index in [4.69, 9.17) is 9.72 Å². The number of thiazole rings is 1. The summed E-state index contributed by atoms with van der Waals surface area (Å²) < 4.78 is 5.43. The van der Waals surface area contributed by atoms with E-state index in [1.807, 2.05) is 9.80 Å². The molecule has 7 nitrogen and oxygen atoms in total. The Morgan fingerprint density at radius 1 is 1.07 bits per heavy atom. The Kier molecular flexibility index (Phi) is 5.63. The third kappa shape index (κ3) is 4.11. The highest BCUT2D eigenvalue weighted by Crippen LogP contribution is 2.35. The van der Waals surface area contributed by atoms with Crippen LogP contribution in [0.5, 0.6) is 0 Å². The van der Waals surface area contributed by atoms with Gasteiger partial charge in [-0.2, -0.15) is 0 Å². The number of carbonyl (C=O) groups excluding carboxylic acids is 2. The Morgan fingerprint density at radius 3 is 2.59 bits per heavy atom. The highest BCUT2D eigenvalue weighted by molar-refractivity contribution is 7.15. The number of carbonyl (C=O) groups is 2. The van der Waals surface area contributed by atoms with Crippen molar-refractivity contribution in [1.82, 2.24) is 14.8 Å². The van der Waals surface area contributed by atoms with Crippen LogP contribution in [0.2, 0.25) is 0 Å². The molecule has 8 heteroatoms. The Balaban J connectivity index is 1.39. The molecule has 148 valence electrons. The van der Waals surface area contributed by atoms with Gasteiger partial charge in [-0.25, -0.2) is 4.98 Å². The topological polar surface area (TPSA) is 66.0 Å². The summed E-state index contributed by atoms with van der Waals surface area (Å²) in [6, 6.07) is 0. The van der Waals surface area contributed by atoms with Gasteiger partial charge >= 0.3 is 0 Å². The highest BCUT2D eigenvalue weighted by atomic mass is 32.1. The number of fused-ring (bicyclic) bond motifs is 1. The first-order chi connectivity index (χ1) is 13.1. The summed E-state index contributed by atoms with van der Waals surface area (Å²) in [5, 5.41) is 1.09. The second-order valence-corrected chi connectivity index (χ2v) is 8.65. The van der Waals surface area contributed by atoms with Crippen molar-refractivity contribution in [1.29, 1.82) is 0 Å². The number of anilines is 1. The molecule has 1 unspecified atom stereocenters. The molecule has 0 N–H and O–H groups in total. The fourth-order valence-corrected chi connectivity index (χ4v) is 5.33. The maximum absolute atomic E-state index is 13.1. The molecule has 0 spiro atoms. The largest absolute Gasteiger partial charge is 0.378 e. The molecule has 2 fully saturated rings. The standard InChI is InChI=1S/C19H28N4O3S/c1-14(24)21-5-2-6-22(8-7-21)18(25)15-3-4-17-16(13-15)20-19(27-17)23-9-11-26-12-10-23/h15H,2-13H2,1H3. The van der Waals surface area contributed by atoms with Gasteiger partial charge in [0, 0.05) is 63.4 Å². The molecule has 27 heavy (non-hydrogen) atoms. The summed E-state index contributed by atoms with van der Waals surface area (Å²) in [7, 11) is 0. The number of nitrogens with zero attached hydrogens (tertiary/aromatic N) is 4. The normalized spacial score (nSPS) is 23.7. The molecule has 3 aliphatic rings. The molecule has 1 atom stereocenters. The minimum Gasteiger partial charge on any atom is -0.378 e. The number of rotatable bonds is 2. The highest BCUT2D eigenvalue weighted by Gasteiger charge is 2.32. The quantitative estimate of drug-likeness (QED) is 0.756. The van der Waals surface area contributed by atoms with Gasteiger partial charge in [0.25, 0.3) is 0 Å². The van der Waals surface area contributed by atoms with E-state index in [9.17, 15) is 9.59 Å². The van der Waals surface area contributed by atoms with Gasteiger partial charge in [-0.3, -0.25) is 9.59 Å². The van der Waals surface area contributed by atoms with Crippen LogP contribution in [0, 0.1) is 5.92 Å². The monoisotopic (exact) mass is 392 g/mol. The summed E-state index contributed by atoms with van der Waals surface area (Å²) in [5.74, 6) is 0.373. The molecule has 1 aromatic heterocycles. The minimum absolute atomic E-state index is 0.0287. The first kappa shape index (κ1) is 18.7. The molecule has 2 aliphatic heterocycles. The van der Waals surface area contributed by atoms with Crippen molar-refractivity contribution >= 4 is 28.3 Å². The lowest BCUT2D eigenvalue weighted by Gasteiger charge is -2.28. The zero-order valence-electron chi connectivity index (χ0n) is 16.0.